The van der Waals surface area contributed by atoms with Gasteiger partial charge in [0, 0.05) is 30.9 Å². The minimum atomic E-state index is 0.746. The second-order valence-electron chi connectivity index (χ2n) is 4.99. The van der Waals surface area contributed by atoms with Crippen molar-refractivity contribution in [2.24, 2.45) is 0 Å². The number of hydrogen-bond donors (Lipinski definition) is 0. The zero-order chi connectivity index (χ0) is 16.7. The molecule has 4 nitrogen and oxygen atoms in total. The van der Waals surface area contributed by atoms with E-state index in [1.807, 2.05) is 6.92 Å². The lowest BCUT2D eigenvalue weighted by atomic mass is 10.2. The molecular formula is C18H24N4S. The summed E-state index contributed by atoms with van der Waals surface area (Å²) in [6, 6.07) is 8.58. The van der Waals surface area contributed by atoms with Gasteiger partial charge in [-0.25, -0.2) is 0 Å². The molecule has 0 saturated heterocycles. The van der Waals surface area contributed by atoms with E-state index >= 15 is 0 Å². The zero-order valence-electron chi connectivity index (χ0n) is 14.3. The average Bonchev–Trinajstić information content (AvgIpc) is 3.00. The molecule has 0 saturated carbocycles. The lowest BCUT2D eigenvalue weighted by Gasteiger charge is -2.21. The van der Waals surface area contributed by atoms with Crippen molar-refractivity contribution in [1.29, 1.82) is 0 Å². The molecule has 2 aromatic rings. The number of thioether (sulfide) groups is 1. The van der Waals surface area contributed by atoms with Crippen LogP contribution in [0.1, 0.15) is 27.7 Å². The van der Waals surface area contributed by atoms with E-state index < -0.39 is 0 Å². The smallest absolute Gasteiger partial charge is 0.192 e. The fourth-order valence-corrected chi connectivity index (χ4v) is 3.29. The minimum Gasteiger partial charge on any atom is -0.372 e. The summed E-state index contributed by atoms with van der Waals surface area (Å²) in [4.78, 5) is 2.33. The van der Waals surface area contributed by atoms with E-state index in [2.05, 4.69) is 76.5 Å². The fraction of sp³-hybridized carbons (Fsp3) is 0.444. The largest absolute Gasteiger partial charge is 0.372 e. The lowest BCUT2D eigenvalue weighted by molar-refractivity contribution is 0.688. The molecule has 0 aliphatic carbocycles. The molecule has 0 fully saturated rings. The summed E-state index contributed by atoms with van der Waals surface area (Å²) in [7, 11) is 0. The Hall–Kier alpha value is -1.93. The maximum atomic E-state index is 4.38. The van der Waals surface area contributed by atoms with Crippen LogP contribution >= 0.6 is 11.8 Å². The zero-order valence-corrected chi connectivity index (χ0v) is 15.2. The van der Waals surface area contributed by atoms with Crippen LogP contribution in [0.15, 0.2) is 29.4 Å². The van der Waals surface area contributed by atoms with Crippen LogP contribution in [0, 0.1) is 11.8 Å². The first-order valence-corrected chi connectivity index (χ1v) is 9.04. The van der Waals surface area contributed by atoms with Gasteiger partial charge in [0.05, 0.1) is 5.75 Å². The number of aromatic nitrogens is 3. The number of benzene rings is 1. The van der Waals surface area contributed by atoms with E-state index in [-0.39, 0.29) is 0 Å². The van der Waals surface area contributed by atoms with Crippen LogP contribution in [-0.4, -0.2) is 33.6 Å². The average molecular weight is 328 g/mol. The maximum absolute atomic E-state index is 4.38. The maximum Gasteiger partial charge on any atom is 0.192 e. The molecule has 5 heteroatoms. The van der Waals surface area contributed by atoms with E-state index in [0.29, 0.717) is 0 Å². The van der Waals surface area contributed by atoms with Gasteiger partial charge in [0.2, 0.25) is 0 Å². The third-order valence-electron chi connectivity index (χ3n) is 3.74. The minimum absolute atomic E-state index is 0.746. The Morgan fingerprint density at radius 2 is 1.78 bits per heavy atom. The molecule has 0 aliphatic rings. The SMILES string of the molecule is CC#CCSc1nnc(-c2ccc(N(CC)CC)cc2)n1CC. The lowest BCUT2D eigenvalue weighted by Crippen LogP contribution is -2.21. The van der Waals surface area contributed by atoms with Gasteiger partial charge in [-0.1, -0.05) is 17.7 Å². The van der Waals surface area contributed by atoms with Gasteiger partial charge in [-0.2, -0.15) is 0 Å². The van der Waals surface area contributed by atoms with Gasteiger partial charge >= 0.3 is 0 Å². The van der Waals surface area contributed by atoms with Crippen molar-refractivity contribution >= 4 is 17.4 Å². The molecular weight excluding hydrogens is 304 g/mol. The summed E-state index contributed by atoms with van der Waals surface area (Å²) < 4.78 is 2.15. The summed E-state index contributed by atoms with van der Waals surface area (Å²) in [5, 5.41) is 9.63. The Kier molecular flexibility index (Phi) is 6.54. The van der Waals surface area contributed by atoms with Gasteiger partial charge in [0.1, 0.15) is 0 Å². The van der Waals surface area contributed by atoms with Gasteiger partial charge in [0.25, 0.3) is 0 Å². The normalized spacial score (nSPS) is 10.3. The van der Waals surface area contributed by atoms with Crippen molar-refractivity contribution in [2.75, 3.05) is 23.7 Å². The van der Waals surface area contributed by atoms with Gasteiger partial charge in [-0.3, -0.25) is 0 Å². The third-order valence-corrected chi connectivity index (χ3v) is 4.59. The van der Waals surface area contributed by atoms with Crippen molar-refractivity contribution in [2.45, 2.75) is 39.4 Å². The van der Waals surface area contributed by atoms with Gasteiger partial charge in [-0.05, 0) is 52.0 Å². The highest BCUT2D eigenvalue weighted by atomic mass is 32.2. The summed E-state index contributed by atoms with van der Waals surface area (Å²) in [5.74, 6) is 7.63. The standard InChI is InChI=1S/C18H24N4S/c1-5-9-14-23-18-20-19-17(22(18)8-4)15-10-12-16(13-11-15)21(6-2)7-3/h10-13H,6-8,14H2,1-4H3. The molecule has 0 atom stereocenters. The van der Waals surface area contributed by atoms with E-state index in [1.165, 1.54) is 5.69 Å². The molecule has 122 valence electrons. The van der Waals surface area contributed by atoms with Crippen molar-refractivity contribution in [3.8, 4) is 23.2 Å². The predicted molar refractivity (Wildman–Crippen MR) is 98.9 cm³/mol. The fourth-order valence-electron chi connectivity index (χ4n) is 2.48. The Morgan fingerprint density at radius 3 is 2.35 bits per heavy atom. The molecule has 0 bridgehead atoms. The molecule has 1 aromatic heterocycles. The molecule has 0 radical (unpaired) electrons. The molecule has 0 aliphatic heterocycles. The molecule has 0 N–H and O–H groups in total. The van der Waals surface area contributed by atoms with Crippen molar-refractivity contribution < 1.29 is 0 Å². The summed E-state index contributed by atoms with van der Waals surface area (Å²) >= 11 is 1.63. The molecule has 0 unspecified atom stereocenters. The van der Waals surface area contributed by atoms with Crippen molar-refractivity contribution in [3.63, 3.8) is 0 Å². The number of nitrogens with zero attached hydrogens (tertiary/aromatic N) is 4. The Morgan fingerprint density at radius 1 is 1.09 bits per heavy atom. The number of rotatable bonds is 7. The predicted octanol–water partition coefficient (Wildman–Crippen LogP) is 3.93. The first-order chi connectivity index (χ1) is 11.2. The number of hydrogen-bond acceptors (Lipinski definition) is 4. The van der Waals surface area contributed by atoms with Crippen LogP contribution in [-0.2, 0) is 6.54 Å². The first-order valence-electron chi connectivity index (χ1n) is 8.06. The van der Waals surface area contributed by atoms with Crippen molar-refractivity contribution in [1.82, 2.24) is 14.8 Å². The Bertz CT molecular complexity index is 675. The van der Waals surface area contributed by atoms with E-state index in [0.717, 1.165) is 41.9 Å². The first kappa shape index (κ1) is 17.4. The van der Waals surface area contributed by atoms with E-state index in [4.69, 9.17) is 0 Å². The molecule has 0 spiro atoms. The van der Waals surface area contributed by atoms with Gasteiger partial charge in [0.15, 0.2) is 11.0 Å². The van der Waals surface area contributed by atoms with Crippen LogP contribution in [0.5, 0.6) is 0 Å². The highest BCUT2D eigenvalue weighted by Gasteiger charge is 2.13. The van der Waals surface area contributed by atoms with E-state index in [9.17, 15) is 0 Å². The highest BCUT2D eigenvalue weighted by molar-refractivity contribution is 7.99. The summed E-state index contributed by atoms with van der Waals surface area (Å²) in [5.41, 5.74) is 2.35. The van der Waals surface area contributed by atoms with Crippen LogP contribution in [0.4, 0.5) is 5.69 Å². The van der Waals surface area contributed by atoms with Gasteiger partial charge in [-0.15, -0.1) is 16.1 Å². The summed E-state index contributed by atoms with van der Waals surface area (Å²) in [6.07, 6.45) is 0. The molecule has 0 amide bonds. The molecule has 2 rings (SSSR count). The topological polar surface area (TPSA) is 34.0 Å². The van der Waals surface area contributed by atoms with Crippen molar-refractivity contribution in [3.05, 3.63) is 24.3 Å². The molecule has 1 aromatic carbocycles. The van der Waals surface area contributed by atoms with Crippen LogP contribution < -0.4 is 4.90 Å². The monoisotopic (exact) mass is 328 g/mol. The third kappa shape index (κ3) is 4.08. The second kappa shape index (κ2) is 8.64. The second-order valence-corrected chi connectivity index (χ2v) is 5.93. The Labute approximate surface area is 143 Å². The molecule has 23 heavy (non-hydrogen) atoms. The van der Waals surface area contributed by atoms with Crippen LogP contribution in [0.25, 0.3) is 11.4 Å². The Balaban J connectivity index is 2.25. The molecule has 1 heterocycles. The van der Waals surface area contributed by atoms with Crippen LogP contribution in [0.3, 0.4) is 0 Å². The number of anilines is 1. The highest BCUT2D eigenvalue weighted by Crippen LogP contribution is 2.25. The quantitative estimate of drug-likeness (QED) is 0.570. The van der Waals surface area contributed by atoms with Crippen LogP contribution in [0.2, 0.25) is 0 Å². The van der Waals surface area contributed by atoms with E-state index in [1.54, 1.807) is 11.8 Å². The summed E-state index contributed by atoms with van der Waals surface area (Å²) in [6.45, 7) is 11.2. The van der Waals surface area contributed by atoms with Gasteiger partial charge < -0.3 is 9.47 Å².